The van der Waals surface area contributed by atoms with E-state index in [1.165, 1.54) is 4.90 Å². The van der Waals surface area contributed by atoms with Gasteiger partial charge in [-0.25, -0.2) is 4.98 Å². The minimum atomic E-state index is -0.397. The number of imide groups is 1. The first-order valence-corrected chi connectivity index (χ1v) is 7.79. The Bertz CT molecular complexity index is 526. The number of thiazole rings is 1. The molecular weight excluding hydrogens is 274 g/mol. The Labute approximate surface area is 123 Å². The second-order valence-corrected chi connectivity index (χ2v) is 6.45. The quantitative estimate of drug-likeness (QED) is 0.843. The zero-order chi connectivity index (χ0) is 14.9. The number of hydrogen-bond acceptors (Lipinski definition) is 5. The monoisotopic (exact) mass is 295 g/mol. The molecule has 1 aromatic rings. The first kappa shape index (κ1) is 15.1. The first-order valence-electron chi connectivity index (χ1n) is 6.98. The maximum absolute atomic E-state index is 12.2. The normalized spacial score (nSPS) is 20.8. The fourth-order valence-electron chi connectivity index (χ4n) is 2.60. The minimum absolute atomic E-state index is 0.0320. The van der Waals surface area contributed by atoms with Crippen molar-refractivity contribution < 1.29 is 9.59 Å². The highest BCUT2D eigenvalue weighted by Crippen LogP contribution is 2.26. The van der Waals surface area contributed by atoms with Crippen molar-refractivity contribution in [3.8, 4) is 0 Å². The molecule has 0 aliphatic carbocycles. The number of amides is 2. The lowest BCUT2D eigenvalue weighted by molar-refractivity contribution is -0.138. The highest BCUT2D eigenvalue weighted by molar-refractivity contribution is 7.11. The highest BCUT2D eigenvalue weighted by Gasteiger charge is 2.38. The summed E-state index contributed by atoms with van der Waals surface area (Å²) in [6, 6.07) is -0.365. The molecule has 0 aromatic carbocycles. The number of carbonyl (C=O) groups is 2. The van der Waals surface area contributed by atoms with Gasteiger partial charge in [0, 0.05) is 17.5 Å². The summed E-state index contributed by atoms with van der Waals surface area (Å²) in [5.74, 6) is -0.165. The van der Waals surface area contributed by atoms with Crippen LogP contribution < -0.4 is 5.32 Å². The molecule has 6 heteroatoms. The third-order valence-electron chi connectivity index (χ3n) is 3.48. The number of nitrogens with one attached hydrogen (secondary N) is 1. The Morgan fingerprint density at radius 1 is 1.45 bits per heavy atom. The summed E-state index contributed by atoms with van der Waals surface area (Å²) in [4.78, 5) is 30.9. The van der Waals surface area contributed by atoms with Crippen LogP contribution >= 0.6 is 11.3 Å². The maximum atomic E-state index is 12.2. The molecule has 2 rings (SSSR count). The third-order valence-corrected chi connectivity index (χ3v) is 4.73. The van der Waals surface area contributed by atoms with Crippen molar-refractivity contribution in [3.05, 3.63) is 15.6 Å². The van der Waals surface area contributed by atoms with Gasteiger partial charge >= 0.3 is 0 Å². The summed E-state index contributed by atoms with van der Waals surface area (Å²) >= 11 is 1.64. The van der Waals surface area contributed by atoms with Gasteiger partial charge in [0.05, 0.1) is 23.2 Å². The maximum Gasteiger partial charge on any atom is 0.246 e. The van der Waals surface area contributed by atoms with E-state index in [0.717, 1.165) is 22.0 Å². The zero-order valence-corrected chi connectivity index (χ0v) is 13.2. The molecule has 1 saturated heterocycles. The summed E-state index contributed by atoms with van der Waals surface area (Å²) in [5, 5.41) is 4.30. The van der Waals surface area contributed by atoms with E-state index < -0.39 is 6.04 Å². The second kappa shape index (κ2) is 6.01. The number of aryl methyl sites for hydroxylation is 2. The van der Waals surface area contributed by atoms with Crippen molar-refractivity contribution in [2.24, 2.45) is 0 Å². The Kier molecular flexibility index (Phi) is 4.55. The predicted molar refractivity (Wildman–Crippen MR) is 78.6 cm³/mol. The van der Waals surface area contributed by atoms with Crippen LogP contribution in [0.3, 0.4) is 0 Å². The van der Waals surface area contributed by atoms with Crippen molar-refractivity contribution in [3.63, 3.8) is 0 Å². The van der Waals surface area contributed by atoms with Crippen molar-refractivity contribution in [2.45, 2.75) is 52.6 Å². The predicted octanol–water partition coefficient (Wildman–Crippen LogP) is 1.95. The van der Waals surface area contributed by atoms with Crippen molar-refractivity contribution in [1.29, 1.82) is 0 Å². The largest absolute Gasteiger partial charge is 0.298 e. The summed E-state index contributed by atoms with van der Waals surface area (Å²) < 4.78 is 0. The molecule has 5 nitrogen and oxygen atoms in total. The molecule has 0 radical (unpaired) electrons. The molecule has 110 valence electrons. The average molecular weight is 295 g/mol. The van der Waals surface area contributed by atoms with Crippen LogP contribution in [0.1, 0.15) is 48.3 Å². The molecular formula is C14H21N3O2S. The third kappa shape index (κ3) is 2.91. The molecule has 1 aliphatic rings. The lowest BCUT2D eigenvalue weighted by Crippen LogP contribution is -2.40. The SMILES string of the molecule is CCCN1C(=O)CC(NC(C)c2sc(C)nc2C)C1=O. The van der Waals surface area contributed by atoms with Gasteiger partial charge in [0.1, 0.15) is 0 Å². The van der Waals surface area contributed by atoms with Crippen LogP contribution in [0, 0.1) is 13.8 Å². The molecule has 2 heterocycles. The fraction of sp³-hybridized carbons (Fsp3) is 0.643. The Morgan fingerprint density at radius 3 is 2.70 bits per heavy atom. The minimum Gasteiger partial charge on any atom is -0.298 e. The summed E-state index contributed by atoms with van der Waals surface area (Å²) in [6.07, 6.45) is 1.06. The van der Waals surface area contributed by atoms with Gasteiger partial charge in [-0.2, -0.15) is 0 Å². The summed E-state index contributed by atoms with van der Waals surface area (Å²) in [5.41, 5.74) is 0.995. The average Bonchev–Trinajstić information content (AvgIpc) is 2.84. The fourth-order valence-corrected chi connectivity index (χ4v) is 3.54. The van der Waals surface area contributed by atoms with E-state index in [1.807, 2.05) is 27.7 Å². The molecule has 0 saturated carbocycles. The molecule has 0 spiro atoms. The Balaban J connectivity index is 2.05. The first-order chi connectivity index (χ1) is 9.43. The number of nitrogens with zero attached hydrogens (tertiary/aromatic N) is 2. The lowest BCUT2D eigenvalue weighted by Gasteiger charge is -2.18. The van der Waals surface area contributed by atoms with Gasteiger partial charge in [0.15, 0.2) is 0 Å². The van der Waals surface area contributed by atoms with Crippen LogP contribution in [-0.2, 0) is 9.59 Å². The van der Waals surface area contributed by atoms with Gasteiger partial charge in [-0.15, -0.1) is 11.3 Å². The second-order valence-electron chi connectivity index (χ2n) is 5.21. The van der Waals surface area contributed by atoms with Crippen molar-refractivity contribution in [1.82, 2.24) is 15.2 Å². The molecule has 1 aliphatic heterocycles. The van der Waals surface area contributed by atoms with E-state index in [-0.39, 0.29) is 24.3 Å². The van der Waals surface area contributed by atoms with Gasteiger partial charge in [-0.1, -0.05) is 6.92 Å². The molecule has 1 aromatic heterocycles. The van der Waals surface area contributed by atoms with Gasteiger partial charge in [-0.05, 0) is 27.2 Å². The number of hydrogen-bond donors (Lipinski definition) is 1. The molecule has 1 N–H and O–H groups in total. The Morgan fingerprint density at radius 2 is 2.15 bits per heavy atom. The summed E-state index contributed by atoms with van der Waals surface area (Å²) in [6.45, 7) is 8.44. The van der Waals surface area contributed by atoms with Crippen LogP contribution in [0.2, 0.25) is 0 Å². The number of aromatic nitrogens is 1. The van der Waals surface area contributed by atoms with Crippen molar-refractivity contribution in [2.75, 3.05) is 6.54 Å². The van der Waals surface area contributed by atoms with Gasteiger partial charge in [0.2, 0.25) is 11.8 Å². The van der Waals surface area contributed by atoms with Crippen molar-refractivity contribution >= 4 is 23.2 Å². The molecule has 2 amide bonds. The lowest BCUT2D eigenvalue weighted by atomic mass is 10.2. The van der Waals surface area contributed by atoms with Crippen LogP contribution in [0.4, 0.5) is 0 Å². The molecule has 0 bridgehead atoms. The Hall–Kier alpha value is -1.27. The van der Waals surface area contributed by atoms with Crippen LogP contribution in [0.25, 0.3) is 0 Å². The molecule has 2 unspecified atom stereocenters. The van der Waals surface area contributed by atoms with E-state index in [9.17, 15) is 9.59 Å². The van der Waals surface area contributed by atoms with E-state index in [2.05, 4.69) is 10.3 Å². The topological polar surface area (TPSA) is 62.3 Å². The van der Waals surface area contributed by atoms with E-state index in [4.69, 9.17) is 0 Å². The van der Waals surface area contributed by atoms with Gasteiger partial charge < -0.3 is 0 Å². The number of rotatable bonds is 5. The van der Waals surface area contributed by atoms with Crippen LogP contribution in [0.5, 0.6) is 0 Å². The smallest absolute Gasteiger partial charge is 0.246 e. The highest BCUT2D eigenvalue weighted by atomic mass is 32.1. The molecule has 20 heavy (non-hydrogen) atoms. The van der Waals surface area contributed by atoms with Gasteiger partial charge in [0.25, 0.3) is 0 Å². The number of carbonyl (C=O) groups excluding carboxylic acids is 2. The van der Waals surface area contributed by atoms with Crippen LogP contribution in [0.15, 0.2) is 0 Å². The van der Waals surface area contributed by atoms with Gasteiger partial charge in [-0.3, -0.25) is 19.8 Å². The molecule has 1 fully saturated rings. The van der Waals surface area contributed by atoms with E-state index in [0.29, 0.717) is 6.54 Å². The van der Waals surface area contributed by atoms with E-state index >= 15 is 0 Å². The molecule has 2 atom stereocenters. The van der Waals surface area contributed by atoms with E-state index in [1.54, 1.807) is 11.3 Å². The van der Waals surface area contributed by atoms with Crippen LogP contribution in [-0.4, -0.2) is 34.3 Å². The standard InChI is InChI=1S/C14H21N3O2S/c1-5-6-17-12(18)7-11(14(17)19)16-9(3)13-8(2)15-10(4)20-13/h9,11,16H,5-7H2,1-4H3. The summed E-state index contributed by atoms with van der Waals surface area (Å²) in [7, 11) is 0. The zero-order valence-electron chi connectivity index (χ0n) is 12.4. The number of likely N-dealkylation sites (tertiary alicyclic amines) is 1.